The summed E-state index contributed by atoms with van der Waals surface area (Å²) in [7, 11) is 0. The number of hydrogen-bond acceptors (Lipinski definition) is 1. The third-order valence-electron chi connectivity index (χ3n) is 3.52. The maximum atomic E-state index is 11.1. The molecule has 0 heterocycles. The van der Waals surface area contributed by atoms with Crippen molar-refractivity contribution in [1.29, 1.82) is 0 Å². The minimum atomic E-state index is 0.480. The Balaban J connectivity index is 1.60. The van der Waals surface area contributed by atoms with Crippen molar-refractivity contribution in [3.63, 3.8) is 0 Å². The molecule has 0 aliphatic heterocycles. The number of rotatable bonds is 5. The van der Waals surface area contributed by atoms with Crippen molar-refractivity contribution >= 4 is 5.78 Å². The van der Waals surface area contributed by atoms with E-state index in [2.05, 4.69) is 30.3 Å². The normalized spacial score (nSPS) is 20.2. The van der Waals surface area contributed by atoms with E-state index < -0.39 is 0 Å². The molecule has 1 aromatic rings. The topological polar surface area (TPSA) is 17.1 Å². The van der Waals surface area contributed by atoms with Crippen molar-refractivity contribution in [1.82, 2.24) is 0 Å². The molecule has 0 aromatic heterocycles. The predicted octanol–water partition coefficient (Wildman–Crippen LogP) is 3.77. The van der Waals surface area contributed by atoms with Gasteiger partial charge >= 0.3 is 0 Å². The van der Waals surface area contributed by atoms with Crippen LogP contribution in [-0.2, 0) is 11.2 Å². The van der Waals surface area contributed by atoms with Crippen LogP contribution >= 0.6 is 0 Å². The lowest BCUT2D eigenvalue weighted by Crippen LogP contribution is -1.96. The first-order valence-corrected chi connectivity index (χ1v) is 6.40. The fraction of sp³-hybridized carbons (Fsp3) is 0.533. The summed E-state index contributed by atoms with van der Waals surface area (Å²) in [5, 5.41) is 0. The van der Waals surface area contributed by atoms with E-state index in [9.17, 15) is 4.79 Å². The van der Waals surface area contributed by atoms with Crippen LogP contribution in [0.4, 0.5) is 0 Å². The second kappa shape index (κ2) is 5.83. The van der Waals surface area contributed by atoms with E-state index in [0.29, 0.717) is 11.7 Å². The fourth-order valence-corrected chi connectivity index (χ4v) is 2.54. The van der Waals surface area contributed by atoms with E-state index in [-0.39, 0.29) is 0 Å². The SMILES string of the molecule is O=C1CC[C@@H](CCCCc2ccccc2)C1. The maximum absolute atomic E-state index is 11.1. The summed E-state index contributed by atoms with van der Waals surface area (Å²) >= 11 is 0. The quantitative estimate of drug-likeness (QED) is 0.685. The molecule has 1 fully saturated rings. The Kier molecular flexibility index (Phi) is 4.15. The molecule has 0 unspecified atom stereocenters. The van der Waals surface area contributed by atoms with Crippen molar-refractivity contribution in [2.45, 2.75) is 44.9 Å². The van der Waals surface area contributed by atoms with Crippen molar-refractivity contribution in [3.8, 4) is 0 Å². The molecular formula is C15H20O. The zero-order valence-electron chi connectivity index (χ0n) is 9.82. The lowest BCUT2D eigenvalue weighted by atomic mass is 9.98. The van der Waals surface area contributed by atoms with Gasteiger partial charge in [0.2, 0.25) is 0 Å². The van der Waals surface area contributed by atoms with Crippen LogP contribution in [0, 0.1) is 5.92 Å². The lowest BCUT2D eigenvalue weighted by molar-refractivity contribution is -0.117. The summed E-state index contributed by atoms with van der Waals surface area (Å²) < 4.78 is 0. The van der Waals surface area contributed by atoms with Gasteiger partial charge in [-0.3, -0.25) is 4.79 Å². The summed E-state index contributed by atoms with van der Waals surface area (Å²) in [6.45, 7) is 0. The van der Waals surface area contributed by atoms with E-state index in [1.807, 2.05) is 0 Å². The zero-order chi connectivity index (χ0) is 11.2. The molecule has 0 bridgehead atoms. The number of Topliss-reactive ketones (excluding diaryl/α,β-unsaturated/α-hetero) is 1. The molecule has 1 aliphatic carbocycles. The van der Waals surface area contributed by atoms with Gasteiger partial charge < -0.3 is 0 Å². The van der Waals surface area contributed by atoms with Gasteiger partial charge in [0.25, 0.3) is 0 Å². The fourth-order valence-electron chi connectivity index (χ4n) is 2.54. The predicted molar refractivity (Wildman–Crippen MR) is 66.3 cm³/mol. The van der Waals surface area contributed by atoms with Crippen molar-refractivity contribution in [2.24, 2.45) is 5.92 Å². The third kappa shape index (κ3) is 3.48. The average Bonchev–Trinajstić information content (AvgIpc) is 2.72. The highest BCUT2D eigenvalue weighted by molar-refractivity contribution is 5.80. The summed E-state index contributed by atoms with van der Waals surface area (Å²) in [5.74, 6) is 1.18. The summed E-state index contributed by atoms with van der Waals surface area (Å²) in [4.78, 5) is 11.1. The van der Waals surface area contributed by atoms with Crippen LogP contribution in [0.5, 0.6) is 0 Å². The molecule has 1 aromatic carbocycles. The summed E-state index contributed by atoms with van der Waals surface area (Å²) in [6, 6.07) is 10.7. The van der Waals surface area contributed by atoms with E-state index in [4.69, 9.17) is 0 Å². The Morgan fingerprint density at radius 1 is 1.12 bits per heavy atom. The molecule has 1 heteroatoms. The van der Waals surface area contributed by atoms with E-state index in [1.54, 1.807) is 0 Å². The first-order valence-electron chi connectivity index (χ1n) is 6.40. The van der Waals surface area contributed by atoms with Gasteiger partial charge in [-0.05, 0) is 37.2 Å². The minimum Gasteiger partial charge on any atom is -0.300 e. The van der Waals surface area contributed by atoms with Crippen molar-refractivity contribution in [2.75, 3.05) is 0 Å². The van der Waals surface area contributed by atoms with Crippen molar-refractivity contribution in [3.05, 3.63) is 35.9 Å². The number of hydrogen-bond donors (Lipinski definition) is 0. The standard InChI is InChI=1S/C15H20O/c16-15-11-10-14(12-15)9-5-4-8-13-6-2-1-3-7-13/h1-3,6-7,14H,4-5,8-12H2/t14-/m1/s1. The highest BCUT2D eigenvalue weighted by Gasteiger charge is 2.20. The maximum Gasteiger partial charge on any atom is 0.133 e. The molecule has 2 rings (SSSR count). The molecule has 16 heavy (non-hydrogen) atoms. The van der Waals surface area contributed by atoms with Crippen LogP contribution in [0.1, 0.15) is 44.1 Å². The summed E-state index contributed by atoms with van der Waals surface area (Å²) in [5.41, 5.74) is 1.44. The molecule has 1 aliphatic rings. The Bertz CT molecular complexity index is 329. The number of ketones is 1. The van der Waals surface area contributed by atoms with E-state index in [1.165, 1.54) is 31.2 Å². The number of carbonyl (C=O) groups is 1. The average molecular weight is 216 g/mol. The first-order chi connectivity index (χ1) is 7.84. The highest BCUT2D eigenvalue weighted by Crippen LogP contribution is 2.26. The number of unbranched alkanes of at least 4 members (excludes halogenated alkanes) is 1. The number of benzene rings is 1. The molecule has 0 N–H and O–H groups in total. The summed E-state index contributed by atoms with van der Waals surface area (Å²) in [6.07, 6.45) is 7.79. The van der Waals surface area contributed by atoms with Gasteiger partial charge in [-0.2, -0.15) is 0 Å². The van der Waals surface area contributed by atoms with Crippen LogP contribution in [0.15, 0.2) is 30.3 Å². The van der Waals surface area contributed by atoms with Crippen LogP contribution in [0.2, 0.25) is 0 Å². The lowest BCUT2D eigenvalue weighted by Gasteiger charge is -2.07. The molecule has 0 spiro atoms. The molecule has 1 atom stereocenters. The molecular weight excluding hydrogens is 196 g/mol. The van der Waals surface area contributed by atoms with Crippen LogP contribution in [-0.4, -0.2) is 5.78 Å². The smallest absolute Gasteiger partial charge is 0.133 e. The number of carbonyl (C=O) groups excluding carboxylic acids is 1. The van der Waals surface area contributed by atoms with Gasteiger partial charge in [0.05, 0.1) is 0 Å². The monoisotopic (exact) mass is 216 g/mol. The molecule has 86 valence electrons. The molecule has 0 amide bonds. The Labute approximate surface area is 97.9 Å². The second-order valence-corrected chi connectivity index (χ2v) is 4.88. The molecule has 1 saturated carbocycles. The van der Waals surface area contributed by atoms with Gasteiger partial charge in [0, 0.05) is 12.8 Å². The van der Waals surface area contributed by atoms with E-state index in [0.717, 1.165) is 19.3 Å². The van der Waals surface area contributed by atoms with Crippen LogP contribution in [0.25, 0.3) is 0 Å². The van der Waals surface area contributed by atoms with Gasteiger partial charge in [0.15, 0.2) is 0 Å². The number of aryl methyl sites for hydroxylation is 1. The Morgan fingerprint density at radius 2 is 1.94 bits per heavy atom. The molecule has 1 nitrogen and oxygen atoms in total. The van der Waals surface area contributed by atoms with Gasteiger partial charge in [-0.15, -0.1) is 0 Å². The Hall–Kier alpha value is -1.11. The largest absolute Gasteiger partial charge is 0.300 e. The zero-order valence-corrected chi connectivity index (χ0v) is 9.82. The van der Waals surface area contributed by atoms with Crippen LogP contribution in [0.3, 0.4) is 0 Å². The minimum absolute atomic E-state index is 0.480. The molecule has 0 radical (unpaired) electrons. The highest BCUT2D eigenvalue weighted by atomic mass is 16.1. The third-order valence-corrected chi connectivity index (χ3v) is 3.52. The van der Waals surface area contributed by atoms with Gasteiger partial charge in [-0.25, -0.2) is 0 Å². The van der Waals surface area contributed by atoms with Gasteiger partial charge in [0.1, 0.15) is 5.78 Å². The van der Waals surface area contributed by atoms with E-state index >= 15 is 0 Å². The van der Waals surface area contributed by atoms with Gasteiger partial charge in [-0.1, -0.05) is 36.8 Å². The Morgan fingerprint density at radius 3 is 2.62 bits per heavy atom. The first kappa shape index (κ1) is 11.4. The van der Waals surface area contributed by atoms with Crippen LogP contribution < -0.4 is 0 Å². The second-order valence-electron chi connectivity index (χ2n) is 4.88. The van der Waals surface area contributed by atoms with Crippen molar-refractivity contribution < 1.29 is 4.79 Å². The molecule has 0 saturated heterocycles.